The largest absolute Gasteiger partial charge is 0.435 e. The summed E-state index contributed by atoms with van der Waals surface area (Å²) in [6, 6.07) is 2.19. The topological polar surface area (TPSA) is 55.4 Å². The van der Waals surface area contributed by atoms with Crippen LogP contribution in [-0.4, -0.2) is 66.7 Å². The minimum atomic E-state index is -1.54. The van der Waals surface area contributed by atoms with Crippen LogP contribution >= 0.6 is 0 Å². The summed E-state index contributed by atoms with van der Waals surface area (Å²) < 4.78 is 34.5. The first kappa shape index (κ1) is 22.3. The first-order valence-electron chi connectivity index (χ1n) is 8.08. The molecule has 1 heterocycles. The molecule has 0 saturated carbocycles. The average Bonchev–Trinajstić information content (AvgIpc) is 2.47. The Hall–Kier alpha value is 1.28. The van der Waals surface area contributed by atoms with Crippen LogP contribution in [0.1, 0.15) is 25.7 Å². The average molecular weight is 440 g/mol. The van der Waals surface area contributed by atoms with Gasteiger partial charge >= 0.3 is 19.3 Å². The summed E-state index contributed by atoms with van der Waals surface area (Å²) in [7, 11) is -4.43. The van der Waals surface area contributed by atoms with Gasteiger partial charge in [-0.05, 0) is 38.3 Å². The second-order valence-electron chi connectivity index (χ2n) is 5.13. The fourth-order valence-corrected chi connectivity index (χ4v) is 15.8. The molecule has 7 radical (unpaired) electrons. The van der Waals surface area contributed by atoms with Crippen LogP contribution < -0.4 is 0 Å². The molecule has 0 bridgehead atoms. The van der Waals surface area contributed by atoms with Gasteiger partial charge in [0.2, 0.25) is 19.5 Å². The van der Waals surface area contributed by atoms with Crippen molar-refractivity contribution in [1.29, 1.82) is 0 Å². The highest BCUT2D eigenvalue weighted by molar-refractivity contribution is 6.72. The van der Waals surface area contributed by atoms with Gasteiger partial charge in [-0.2, -0.15) is 0 Å². The third-order valence-corrected chi connectivity index (χ3v) is 17.3. The lowest BCUT2D eigenvalue weighted by Gasteiger charge is -2.29. The first-order valence-corrected chi connectivity index (χ1v) is 19.2. The zero-order valence-electron chi connectivity index (χ0n) is 14.4. The maximum Gasteiger partial charge on any atom is 0.409 e. The van der Waals surface area contributed by atoms with Gasteiger partial charge in [0, 0.05) is 0 Å². The number of hydrogen-bond acceptors (Lipinski definition) is 6. The van der Waals surface area contributed by atoms with Crippen LogP contribution in [0.3, 0.4) is 0 Å². The lowest BCUT2D eigenvalue weighted by Crippen LogP contribution is -2.45. The van der Waals surface area contributed by atoms with Crippen molar-refractivity contribution in [3.8, 4) is 0 Å². The van der Waals surface area contributed by atoms with Gasteiger partial charge in [0.25, 0.3) is 27.9 Å². The molecule has 131 valence electrons. The van der Waals surface area contributed by atoms with Crippen molar-refractivity contribution in [2.45, 2.75) is 64.0 Å². The molecule has 0 spiro atoms. The Balaban J connectivity index is 2.01. The van der Waals surface area contributed by atoms with E-state index in [0.29, 0.717) is 19.5 Å². The van der Waals surface area contributed by atoms with Crippen LogP contribution in [0.2, 0.25) is 38.3 Å². The zero-order valence-corrected chi connectivity index (χ0v) is 21.9. The first-order chi connectivity index (χ1) is 11.1. The highest BCUT2D eigenvalue weighted by Crippen LogP contribution is 2.14. The van der Waals surface area contributed by atoms with Gasteiger partial charge in [-0.3, -0.25) is 0 Å². The van der Waals surface area contributed by atoms with E-state index in [2.05, 4.69) is 19.6 Å². The molecule has 1 fully saturated rings. The molecular weight excluding hydrogens is 413 g/mol. The smallest absolute Gasteiger partial charge is 0.409 e. The predicted octanol–water partition coefficient (Wildman–Crippen LogP) is 0.938. The van der Waals surface area contributed by atoms with Gasteiger partial charge in [-0.15, -0.1) is 0 Å². The number of rotatable bonds is 11. The second kappa shape index (κ2) is 14.4. The van der Waals surface area contributed by atoms with Crippen molar-refractivity contribution in [3.05, 3.63) is 0 Å². The van der Waals surface area contributed by atoms with Crippen LogP contribution in [-0.2, 0) is 24.7 Å². The molecule has 23 heavy (non-hydrogen) atoms. The molecule has 0 aromatic carbocycles. The minimum Gasteiger partial charge on any atom is -0.435 e. The summed E-state index contributed by atoms with van der Waals surface area (Å²) in [5, 5.41) is 0. The van der Waals surface area contributed by atoms with E-state index in [-0.39, 0.29) is 10.0 Å². The molecule has 1 aliphatic heterocycles. The van der Waals surface area contributed by atoms with E-state index in [0.717, 1.165) is 12.1 Å². The van der Waals surface area contributed by atoms with Crippen molar-refractivity contribution >= 4 is 66.7 Å². The van der Waals surface area contributed by atoms with Crippen molar-refractivity contribution in [2.75, 3.05) is 0 Å². The summed E-state index contributed by atoms with van der Waals surface area (Å²) in [5.41, 5.74) is 0. The van der Waals surface area contributed by atoms with Crippen molar-refractivity contribution in [1.82, 2.24) is 0 Å². The van der Waals surface area contributed by atoms with Gasteiger partial charge < -0.3 is 24.7 Å². The fourth-order valence-electron chi connectivity index (χ4n) is 2.11. The zero-order chi connectivity index (χ0) is 16.9. The number of hydrogen-bond donors (Lipinski definition) is 0. The van der Waals surface area contributed by atoms with Crippen LogP contribution in [0, 0.1) is 0 Å². The molecule has 1 saturated heterocycles. The molecule has 13 heteroatoms. The SMILES string of the molecule is C[Si]O[Si]O[Si]CCCCCC[Si]1O[SiH](C)O[SiH](C)O[SiH](C)O1. The Morgan fingerprint density at radius 2 is 1.52 bits per heavy atom. The molecule has 0 amide bonds. The standard InChI is InChI=1S/C10H27O6Si7/c1-17-11-19-12-18-9-7-5-6-8-10-23-15-21(3)13-20(2)14-22(4)16-23/h20-22H,5-10H2,1-4H3. The van der Waals surface area contributed by atoms with Gasteiger partial charge in [0.05, 0.1) is 0 Å². The van der Waals surface area contributed by atoms with E-state index in [1.807, 2.05) is 6.55 Å². The third kappa shape index (κ3) is 12.3. The lowest BCUT2D eigenvalue weighted by molar-refractivity contribution is 0.289. The van der Waals surface area contributed by atoms with Crippen LogP contribution in [0.25, 0.3) is 0 Å². The summed E-state index contributed by atoms with van der Waals surface area (Å²) in [4.78, 5) is 0. The highest BCUT2D eigenvalue weighted by Gasteiger charge is 2.29. The fraction of sp³-hybridized carbons (Fsp3) is 1.00. The van der Waals surface area contributed by atoms with E-state index >= 15 is 0 Å². The molecule has 0 aliphatic carbocycles. The molecule has 0 aromatic heterocycles. The Bertz CT molecular complexity index is 278. The number of unbranched alkanes of at least 4 members (excludes halogenated alkanes) is 3. The molecule has 1 rings (SSSR count). The van der Waals surface area contributed by atoms with Gasteiger partial charge in [0.15, 0.2) is 0 Å². The van der Waals surface area contributed by atoms with Crippen LogP contribution in [0.4, 0.5) is 0 Å². The minimum absolute atomic E-state index is 0.222. The van der Waals surface area contributed by atoms with E-state index in [9.17, 15) is 0 Å². The summed E-state index contributed by atoms with van der Waals surface area (Å²) in [5.74, 6) is 0. The Labute approximate surface area is 155 Å². The Morgan fingerprint density at radius 3 is 2.17 bits per heavy atom. The molecule has 6 nitrogen and oxygen atoms in total. The summed E-state index contributed by atoms with van der Waals surface area (Å²) >= 11 is 0. The van der Waals surface area contributed by atoms with Crippen molar-refractivity contribution in [3.63, 3.8) is 0 Å². The van der Waals surface area contributed by atoms with Crippen LogP contribution in [0.5, 0.6) is 0 Å². The predicted molar refractivity (Wildman–Crippen MR) is 103 cm³/mol. The maximum absolute atomic E-state index is 6.07. The Kier molecular flexibility index (Phi) is 14.0. The van der Waals surface area contributed by atoms with Gasteiger partial charge in [-0.1, -0.05) is 25.7 Å². The Morgan fingerprint density at radius 1 is 0.870 bits per heavy atom. The molecule has 0 N–H and O–H groups in total. The van der Waals surface area contributed by atoms with E-state index < -0.39 is 37.1 Å². The quantitative estimate of drug-likeness (QED) is 0.353. The monoisotopic (exact) mass is 439 g/mol. The highest BCUT2D eigenvalue weighted by atomic mass is 28.5. The molecule has 2 atom stereocenters. The maximum atomic E-state index is 6.07. The molecular formula is C10H27O6Si7. The molecule has 2 unspecified atom stereocenters. The van der Waals surface area contributed by atoms with E-state index in [1.165, 1.54) is 25.7 Å². The second-order valence-corrected chi connectivity index (χ2v) is 16.8. The normalized spacial score (nSPS) is 26.9. The third-order valence-electron chi connectivity index (χ3n) is 3.03. The summed E-state index contributed by atoms with van der Waals surface area (Å²) in [6.45, 7) is 8.25. The van der Waals surface area contributed by atoms with Crippen molar-refractivity contribution < 1.29 is 24.7 Å². The van der Waals surface area contributed by atoms with Gasteiger partial charge in [0.1, 0.15) is 0 Å². The van der Waals surface area contributed by atoms with Gasteiger partial charge in [-0.25, -0.2) is 0 Å². The van der Waals surface area contributed by atoms with E-state index in [1.54, 1.807) is 0 Å². The van der Waals surface area contributed by atoms with Crippen molar-refractivity contribution in [2.24, 2.45) is 0 Å². The van der Waals surface area contributed by atoms with Crippen LogP contribution in [0.15, 0.2) is 0 Å². The van der Waals surface area contributed by atoms with E-state index in [4.69, 9.17) is 24.7 Å². The lowest BCUT2D eigenvalue weighted by atomic mass is 10.2. The molecule has 0 aromatic rings. The molecule has 1 aliphatic rings. The summed E-state index contributed by atoms with van der Waals surface area (Å²) in [6.07, 6.45) is 4.89.